The first-order valence-electron chi connectivity index (χ1n) is 6.37. The first kappa shape index (κ1) is 13.9. The van der Waals surface area contributed by atoms with E-state index in [4.69, 9.17) is 10.5 Å². The summed E-state index contributed by atoms with van der Waals surface area (Å²) in [5, 5.41) is 2.88. The topological polar surface area (TPSA) is 64.3 Å². The number of rotatable bonds is 4. The summed E-state index contributed by atoms with van der Waals surface area (Å²) >= 11 is 0. The van der Waals surface area contributed by atoms with E-state index in [1.807, 2.05) is 43.3 Å². The van der Waals surface area contributed by atoms with Crippen molar-refractivity contribution in [3.05, 3.63) is 53.6 Å². The quantitative estimate of drug-likeness (QED) is 0.840. The number of carbonyl (C=O) groups is 1. The molecule has 104 valence electrons. The minimum absolute atomic E-state index is 0.0659. The van der Waals surface area contributed by atoms with Crippen molar-refractivity contribution in [3.63, 3.8) is 0 Å². The lowest BCUT2D eigenvalue weighted by molar-refractivity contribution is -0.115. The van der Waals surface area contributed by atoms with E-state index in [2.05, 4.69) is 5.32 Å². The maximum absolute atomic E-state index is 12.0. The van der Waals surface area contributed by atoms with Gasteiger partial charge in [-0.3, -0.25) is 4.79 Å². The fraction of sp³-hybridized carbons (Fsp3) is 0.188. The van der Waals surface area contributed by atoms with Gasteiger partial charge in [-0.05, 0) is 42.3 Å². The Labute approximate surface area is 118 Å². The third-order valence-corrected chi connectivity index (χ3v) is 3.06. The van der Waals surface area contributed by atoms with Crippen LogP contribution in [0.25, 0.3) is 0 Å². The number of hydrogen-bond acceptors (Lipinski definition) is 3. The van der Waals surface area contributed by atoms with Gasteiger partial charge in [0, 0.05) is 11.4 Å². The van der Waals surface area contributed by atoms with Crippen LogP contribution in [-0.4, -0.2) is 13.0 Å². The summed E-state index contributed by atoms with van der Waals surface area (Å²) < 4.78 is 5.08. The van der Waals surface area contributed by atoms with Gasteiger partial charge in [0.2, 0.25) is 5.91 Å². The molecule has 1 amide bonds. The second kappa shape index (κ2) is 6.10. The Morgan fingerprint density at radius 1 is 1.20 bits per heavy atom. The average molecular weight is 270 g/mol. The highest BCUT2D eigenvalue weighted by Gasteiger charge is 2.06. The molecule has 4 heteroatoms. The van der Waals surface area contributed by atoms with Gasteiger partial charge in [-0.2, -0.15) is 0 Å². The molecular formula is C16H18N2O2. The van der Waals surface area contributed by atoms with Crippen LogP contribution in [0.4, 0.5) is 11.4 Å². The second-order valence-electron chi connectivity index (χ2n) is 4.65. The highest BCUT2D eigenvalue weighted by Crippen LogP contribution is 2.18. The zero-order chi connectivity index (χ0) is 14.5. The first-order valence-corrected chi connectivity index (χ1v) is 6.37. The number of amides is 1. The average Bonchev–Trinajstić information content (AvgIpc) is 2.43. The number of benzene rings is 2. The summed E-state index contributed by atoms with van der Waals surface area (Å²) in [5.74, 6) is 0.713. The summed E-state index contributed by atoms with van der Waals surface area (Å²) in [6, 6.07) is 12.9. The molecule has 4 nitrogen and oxygen atoms in total. The monoisotopic (exact) mass is 270 g/mol. The lowest BCUT2D eigenvalue weighted by Crippen LogP contribution is -2.15. The van der Waals surface area contributed by atoms with E-state index >= 15 is 0 Å². The summed E-state index contributed by atoms with van der Waals surface area (Å²) in [6.45, 7) is 1.93. The van der Waals surface area contributed by atoms with Gasteiger partial charge in [0.1, 0.15) is 5.75 Å². The number of anilines is 2. The smallest absolute Gasteiger partial charge is 0.228 e. The molecule has 0 heterocycles. The van der Waals surface area contributed by atoms with E-state index in [1.54, 1.807) is 13.2 Å². The molecule has 0 unspecified atom stereocenters. The minimum Gasteiger partial charge on any atom is -0.497 e. The highest BCUT2D eigenvalue weighted by atomic mass is 16.5. The summed E-state index contributed by atoms with van der Waals surface area (Å²) in [6.07, 6.45) is 0.318. The molecule has 0 saturated carbocycles. The molecule has 0 atom stereocenters. The van der Waals surface area contributed by atoms with Gasteiger partial charge in [-0.25, -0.2) is 0 Å². The van der Waals surface area contributed by atoms with E-state index < -0.39 is 0 Å². The molecule has 0 spiro atoms. The van der Waals surface area contributed by atoms with Gasteiger partial charge < -0.3 is 15.8 Å². The molecule has 0 aliphatic carbocycles. The fourth-order valence-electron chi connectivity index (χ4n) is 1.90. The number of nitrogen functional groups attached to an aromatic ring is 1. The number of ether oxygens (including phenoxy) is 1. The lowest BCUT2D eigenvalue weighted by Gasteiger charge is -2.09. The van der Waals surface area contributed by atoms with Gasteiger partial charge in [-0.1, -0.05) is 18.2 Å². The van der Waals surface area contributed by atoms with Gasteiger partial charge >= 0.3 is 0 Å². The number of nitrogens with one attached hydrogen (secondary N) is 1. The predicted octanol–water partition coefficient (Wildman–Crippen LogP) is 2.77. The second-order valence-corrected chi connectivity index (χ2v) is 4.65. The van der Waals surface area contributed by atoms with Crippen LogP contribution in [0.3, 0.4) is 0 Å². The largest absolute Gasteiger partial charge is 0.497 e. The Kier molecular flexibility index (Phi) is 4.25. The van der Waals surface area contributed by atoms with Crippen LogP contribution in [-0.2, 0) is 11.2 Å². The standard InChI is InChI=1S/C16H18N2O2/c1-11-3-6-13(17)10-15(11)18-16(19)9-12-4-7-14(20-2)8-5-12/h3-8,10H,9,17H2,1-2H3,(H,18,19). The van der Waals surface area contributed by atoms with Crippen LogP contribution in [0.2, 0.25) is 0 Å². The van der Waals surface area contributed by atoms with Crippen molar-refractivity contribution in [2.75, 3.05) is 18.2 Å². The van der Waals surface area contributed by atoms with Crippen LogP contribution in [0, 0.1) is 6.92 Å². The van der Waals surface area contributed by atoms with Crippen molar-refractivity contribution in [2.45, 2.75) is 13.3 Å². The van der Waals surface area contributed by atoms with E-state index in [9.17, 15) is 4.79 Å². The molecule has 2 aromatic rings. The molecule has 0 aromatic heterocycles. The molecule has 2 aromatic carbocycles. The van der Waals surface area contributed by atoms with Crippen molar-refractivity contribution in [1.29, 1.82) is 0 Å². The number of carbonyl (C=O) groups excluding carboxylic acids is 1. The van der Waals surface area contributed by atoms with Crippen LogP contribution in [0.5, 0.6) is 5.75 Å². The van der Waals surface area contributed by atoms with Crippen molar-refractivity contribution in [1.82, 2.24) is 0 Å². The Hall–Kier alpha value is -2.49. The van der Waals surface area contributed by atoms with Crippen LogP contribution < -0.4 is 15.8 Å². The SMILES string of the molecule is COc1ccc(CC(=O)Nc2cc(N)ccc2C)cc1. The van der Waals surface area contributed by atoms with Crippen LogP contribution in [0.1, 0.15) is 11.1 Å². The van der Waals surface area contributed by atoms with Crippen molar-refractivity contribution in [3.8, 4) is 5.75 Å². The minimum atomic E-state index is -0.0659. The summed E-state index contributed by atoms with van der Waals surface area (Å²) in [7, 11) is 1.62. The van der Waals surface area contributed by atoms with E-state index in [1.165, 1.54) is 0 Å². The Morgan fingerprint density at radius 2 is 1.90 bits per heavy atom. The zero-order valence-corrected chi connectivity index (χ0v) is 11.6. The lowest BCUT2D eigenvalue weighted by atomic mass is 10.1. The highest BCUT2D eigenvalue weighted by molar-refractivity contribution is 5.93. The molecule has 0 radical (unpaired) electrons. The fourth-order valence-corrected chi connectivity index (χ4v) is 1.90. The van der Waals surface area contributed by atoms with Gasteiger partial charge in [0.05, 0.1) is 13.5 Å². The molecule has 0 aliphatic heterocycles. The van der Waals surface area contributed by atoms with Gasteiger partial charge in [0.15, 0.2) is 0 Å². The third-order valence-electron chi connectivity index (χ3n) is 3.06. The first-order chi connectivity index (χ1) is 9.58. The number of hydrogen-bond donors (Lipinski definition) is 2. The van der Waals surface area contributed by atoms with Crippen molar-refractivity contribution in [2.24, 2.45) is 0 Å². The molecule has 3 N–H and O–H groups in total. The van der Waals surface area contributed by atoms with Crippen molar-refractivity contribution < 1.29 is 9.53 Å². The van der Waals surface area contributed by atoms with Crippen molar-refractivity contribution >= 4 is 17.3 Å². The van der Waals surface area contributed by atoms with Crippen LogP contribution in [0.15, 0.2) is 42.5 Å². The van der Waals surface area contributed by atoms with E-state index in [-0.39, 0.29) is 5.91 Å². The summed E-state index contributed by atoms with van der Waals surface area (Å²) in [4.78, 5) is 12.0. The van der Waals surface area contributed by atoms with Gasteiger partial charge in [-0.15, -0.1) is 0 Å². The third kappa shape index (κ3) is 3.51. The Balaban J connectivity index is 2.03. The predicted molar refractivity (Wildman–Crippen MR) is 80.9 cm³/mol. The van der Waals surface area contributed by atoms with E-state index in [0.29, 0.717) is 12.1 Å². The zero-order valence-electron chi connectivity index (χ0n) is 11.6. The van der Waals surface area contributed by atoms with Crippen LogP contribution >= 0.6 is 0 Å². The normalized spacial score (nSPS) is 10.1. The molecule has 0 aliphatic rings. The summed E-state index contributed by atoms with van der Waals surface area (Å²) in [5.41, 5.74) is 9.03. The maximum Gasteiger partial charge on any atom is 0.228 e. The van der Waals surface area contributed by atoms with E-state index in [0.717, 1.165) is 22.6 Å². The Morgan fingerprint density at radius 3 is 2.55 bits per heavy atom. The number of methoxy groups -OCH3 is 1. The number of aryl methyl sites for hydroxylation is 1. The molecule has 0 saturated heterocycles. The molecular weight excluding hydrogens is 252 g/mol. The van der Waals surface area contributed by atoms with Gasteiger partial charge in [0.25, 0.3) is 0 Å². The molecule has 0 bridgehead atoms. The number of nitrogens with two attached hydrogens (primary N) is 1. The molecule has 2 rings (SSSR count). The maximum atomic E-state index is 12.0. The molecule has 0 fully saturated rings. The Bertz CT molecular complexity index is 606. The molecule has 20 heavy (non-hydrogen) atoms.